The van der Waals surface area contributed by atoms with Gasteiger partial charge in [0.1, 0.15) is 0 Å². The molecule has 36 heavy (non-hydrogen) atoms. The molecule has 0 heterocycles. The van der Waals surface area contributed by atoms with Gasteiger partial charge in [0.25, 0.3) is 0 Å². The molecule has 0 aromatic heterocycles. The highest BCUT2D eigenvalue weighted by atomic mass is 16.2. The van der Waals surface area contributed by atoms with Crippen molar-refractivity contribution in [2.45, 2.75) is 149 Å². The highest BCUT2D eigenvalue weighted by Crippen LogP contribution is 2.21. The largest absolute Gasteiger partial charge is 0.273 e. The van der Waals surface area contributed by atoms with Crippen LogP contribution in [0.1, 0.15) is 154 Å². The molecule has 0 aliphatic heterocycles. The van der Waals surface area contributed by atoms with Gasteiger partial charge in [-0.05, 0) is 36.5 Å². The second kappa shape index (κ2) is 24.8. The zero-order chi connectivity index (χ0) is 25.9. The average molecular weight is 497 g/mol. The van der Waals surface area contributed by atoms with Gasteiger partial charge in [-0.2, -0.15) is 5.10 Å². The van der Waals surface area contributed by atoms with Crippen LogP contribution in [0.25, 0.3) is 5.57 Å². The summed E-state index contributed by atoms with van der Waals surface area (Å²) in [6.07, 6.45) is 30.5. The van der Waals surface area contributed by atoms with Crippen LogP contribution in [-0.4, -0.2) is 12.1 Å². The van der Waals surface area contributed by atoms with E-state index < -0.39 is 0 Å². The van der Waals surface area contributed by atoms with Gasteiger partial charge in [0.15, 0.2) is 0 Å². The Hall–Kier alpha value is -1.90. The Morgan fingerprint density at radius 3 is 1.61 bits per heavy atom. The molecule has 1 N–H and O–H groups in total. The van der Waals surface area contributed by atoms with Gasteiger partial charge in [-0.25, -0.2) is 5.43 Å². The summed E-state index contributed by atoms with van der Waals surface area (Å²) in [6, 6.07) is 10.5. The van der Waals surface area contributed by atoms with Gasteiger partial charge in [-0.15, -0.1) is 0 Å². The number of carbonyl (C=O) groups is 1. The summed E-state index contributed by atoms with van der Waals surface area (Å²) in [7, 11) is 0. The number of benzene rings is 1. The van der Waals surface area contributed by atoms with Crippen LogP contribution in [0, 0.1) is 0 Å². The molecule has 1 amide bonds. The van der Waals surface area contributed by atoms with Crippen molar-refractivity contribution in [3.63, 3.8) is 0 Å². The maximum atomic E-state index is 12.1. The molecular formula is C33H56N2O. The molecule has 0 aliphatic carbocycles. The molecule has 0 unspecified atom stereocenters. The minimum Gasteiger partial charge on any atom is -0.273 e. The van der Waals surface area contributed by atoms with Crippen LogP contribution in [-0.2, 0) is 4.79 Å². The molecule has 0 saturated heterocycles. The maximum absolute atomic E-state index is 12.1. The number of unbranched alkanes of at least 4 members (excludes halogenated alkanes) is 17. The lowest BCUT2D eigenvalue weighted by Crippen LogP contribution is -2.16. The second-order valence-corrected chi connectivity index (χ2v) is 10.4. The molecule has 1 aromatic carbocycles. The van der Waals surface area contributed by atoms with Crippen molar-refractivity contribution >= 4 is 17.7 Å². The number of hydrazone groups is 1. The van der Waals surface area contributed by atoms with Gasteiger partial charge in [0, 0.05) is 12.6 Å². The lowest BCUT2D eigenvalue weighted by molar-refractivity contribution is -0.121. The van der Waals surface area contributed by atoms with E-state index >= 15 is 0 Å². The molecule has 0 fully saturated rings. The summed E-state index contributed by atoms with van der Waals surface area (Å²) < 4.78 is 0. The first-order valence-electron chi connectivity index (χ1n) is 15.3. The molecule has 0 atom stereocenters. The van der Waals surface area contributed by atoms with Crippen molar-refractivity contribution in [1.82, 2.24) is 5.43 Å². The van der Waals surface area contributed by atoms with Crippen molar-refractivity contribution < 1.29 is 4.79 Å². The predicted octanol–water partition coefficient (Wildman–Crippen LogP) is 10.4. The summed E-state index contributed by atoms with van der Waals surface area (Å²) >= 11 is 0. The number of hydrogen-bond donors (Lipinski definition) is 1. The predicted molar refractivity (Wildman–Crippen MR) is 159 cm³/mol. The van der Waals surface area contributed by atoms with Crippen LogP contribution < -0.4 is 5.43 Å². The third-order valence-corrected chi connectivity index (χ3v) is 6.99. The quantitative estimate of drug-likeness (QED) is 0.0863. The van der Waals surface area contributed by atoms with E-state index in [1.165, 1.54) is 120 Å². The van der Waals surface area contributed by atoms with Crippen LogP contribution in [0.5, 0.6) is 0 Å². The van der Waals surface area contributed by atoms with Gasteiger partial charge in [0.2, 0.25) is 5.91 Å². The van der Waals surface area contributed by atoms with E-state index in [0.29, 0.717) is 6.42 Å². The molecule has 0 bridgehead atoms. The van der Waals surface area contributed by atoms with Crippen molar-refractivity contribution in [3.8, 4) is 0 Å². The van der Waals surface area contributed by atoms with Gasteiger partial charge < -0.3 is 0 Å². The van der Waals surface area contributed by atoms with E-state index in [4.69, 9.17) is 0 Å². The summed E-state index contributed by atoms with van der Waals surface area (Å²) in [6.45, 7) is 4.52. The highest BCUT2D eigenvalue weighted by Gasteiger charge is 2.02. The summed E-state index contributed by atoms with van der Waals surface area (Å²) in [5.74, 6) is 0.0264. The van der Waals surface area contributed by atoms with Crippen LogP contribution >= 0.6 is 0 Å². The molecule has 1 aromatic rings. The van der Waals surface area contributed by atoms with Gasteiger partial charge in [-0.3, -0.25) is 4.79 Å². The number of nitrogens with one attached hydrogen (secondary N) is 1. The van der Waals surface area contributed by atoms with Gasteiger partial charge >= 0.3 is 0 Å². The third-order valence-electron chi connectivity index (χ3n) is 6.99. The summed E-state index contributed by atoms with van der Waals surface area (Å²) in [4.78, 5) is 12.1. The maximum Gasteiger partial charge on any atom is 0.240 e. The van der Waals surface area contributed by atoms with Crippen molar-refractivity contribution in [1.29, 1.82) is 0 Å². The Balaban J connectivity index is 2.06. The van der Waals surface area contributed by atoms with Crippen LogP contribution in [0.3, 0.4) is 0 Å². The zero-order valence-electron chi connectivity index (χ0n) is 23.7. The number of amides is 1. The van der Waals surface area contributed by atoms with Gasteiger partial charge in [0.05, 0.1) is 0 Å². The molecule has 0 saturated carbocycles. The Morgan fingerprint density at radius 1 is 0.639 bits per heavy atom. The number of allylic oxidation sites excluding steroid dienone is 2. The first-order valence-corrected chi connectivity index (χ1v) is 15.3. The number of hydrogen-bond acceptors (Lipinski definition) is 2. The smallest absolute Gasteiger partial charge is 0.240 e. The summed E-state index contributed by atoms with van der Waals surface area (Å²) in [5, 5.41) is 4.17. The van der Waals surface area contributed by atoms with E-state index in [1.54, 1.807) is 6.21 Å². The monoisotopic (exact) mass is 496 g/mol. The lowest BCUT2D eigenvalue weighted by atomic mass is 9.99. The fourth-order valence-corrected chi connectivity index (χ4v) is 4.67. The standard InChI is InChI=1S/C33H56N2O/c1-3-5-7-9-10-11-12-13-14-15-16-17-18-19-24-28-33(36)35-34-30-29-32(27-21-8-6-4-2)31-25-22-20-23-26-31/h20,22-23,25-26,29-30H,3-19,21,24,27-28H2,1-2H3,(H,35,36)/b32-29+,34-30+. The molecular weight excluding hydrogens is 440 g/mol. The first-order chi connectivity index (χ1) is 17.8. The minimum absolute atomic E-state index is 0.0264. The normalized spacial score (nSPS) is 11.9. The van der Waals surface area contributed by atoms with E-state index in [1.807, 2.05) is 6.07 Å². The molecule has 0 spiro atoms. The average Bonchev–Trinajstić information content (AvgIpc) is 2.90. The molecule has 0 aliphatic rings. The topological polar surface area (TPSA) is 41.5 Å². The van der Waals surface area contributed by atoms with Crippen LogP contribution in [0.4, 0.5) is 0 Å². The van der Waals surface area contributed by atoms with Crippen molar-refractivity contribution in [2.24, 2.45) is 5.10 Å². The van der Waals surface area contributed by atoms with E-state index in [-0.39, 0.29) is 5.91 Å². The lowest BCUT2D eigenvalue weighted by Gasteiger charge is -2.07. The molecule has 3 nitrogen and oxygen atoms in total. The molecule has 1 rings (SSSR count). The summed E-state index contributed by atoms with van der Waals surface area (Å²) in [5.41, 5.74) is 5.23. The van der Waals surface area contributed by atoms with Gasteiger partial charge in [-0.1, -0.05) is 153 Å². The molecule has 0 radical (unpaired) electrons. The number of carbonyl (C=O) groups excluding carboxylic acids is 1. The SMILES string of the molecule is CCCCCCCCCCCCCCCCCC(=O)N/N=C/C=C(\CCCCCC)c1ccccc1. The fraction of sp³-hybridized carbons (Fsp3) is 0.697. The number of rotatable bonds is 24. The van der Waals surface area contributed by atoms with Crippen LogP contribution in [0.2, 0.25) is 0 Å². The van der Waals surface area contributed by atoms with E-state index in [2.05, 4.69) is 54.7 Å². The van der Waals surface area contributed by atoms with Crippen LogP contribution in [0.15, 0.2) is 41.5 Å². The first kappa shape index (κ1) is 32.1. The highest BCUT2D eigenvalue weighted by molar-refractivity contribution is 5.85. The van der Waals surface area contributed by atoms with E-state index in [9.17, 15) is 4.79 Å². The Morgan fingerprint density at radius 2 is 1.08 bits per heavy atom. The minimum atomic E-state index is 0.0264. The Kier molecular flexibility index (Phi) is 22.1. The second-order valence-electron chi connectivity index (χ2n) is 10.4. The van der Waals surface area contributed by atoms with Crippen molar-refractivity contribution in [3.05, 3.63) is 42.0 Å². The molecule has 204 valence electrons. The third kappa shape index (κ3) is 19.3. The number of nitrogens with zero attached hydrogens (tertiary/aromatic N) is 1. The Labute approximate surface area is 223 Å². The van der Waals surface area contributed by atoms with Crippen molar-refractivity contribution in [2.75, 3.05) is 0 Å². The molecule has 3 heteroatoms. The zero-order valence-corrected chi connectivity index (χ0v) is 23.7. The van der Waals surface area contributed by atoms with E-state index in [0.717, 1.165) is 19.3 Å². The fourth-order valence-electron chi connectivity index (χ4n) is 4.67. The Bertz CT molecular complexity index is 680.